The van der Waals surface area contributed by atoms with Gasteiger partial charge in [0.05, 0.1) is 0 Å². The Morgan fingerprint density at radius 3 is 2.52 bits per heavy atom. The molecule has 2 aromatic rings. The van der Waals surface area contributed by atoms with Crippen molar-refractivity contribution in [3.8, 4) is 0 Å². The van der Waals surface area contributed by atoms with Gasteiger partial charge in [0, 0.05) is 13.0 Å². The van der Waals surface area contributed by atoms with E-state index in [4.69, 9.17) is 15.2 Å². The van der Waals surface area contributed by atoms with Crippen molar-refractivity contribution >= 4 is 29.3 Å². The monoisotopic (exact) mass is 477 g/mol. The zero-order valence-electron chi connectivity index (χ0n) is 19.1. The number of amides is 2. The highest BCUT2D eigenvalue weighted by molar-refractivity contribution is 7.13. The van der Waals surface area contributed by atoms with Crippen LogP contribution in [0.5, 0.6) is 0 Å². The van der Waals surface area contributed by atoms with Gasteiger partial charge in [-0.05, 0) is 45.7 Å². The zero-order chi connectivity index (χ0) is 24.3. The van der Waals surface area contributed by atoms with Crippen molar-refractivity contribution in [2.45, 2.75) is 58.3 Å². The third-order valence-corrected chi connectivity index (χ3v) is 5.15. The topological polar surface area (TPSA) is 146 Å². The Kier molecular flexibility index (Phi) is 10.2. The first-order valence-electron chi connectivity index (χ1n) is 10.7. The summed E-state index contributed by atoms with van der Waals surface area (Å²) in [5, 5.41) is 13.9. The number of carbonyl (C=O) groups is 3. The van der Waals surface area contributed by atoms with Crippen LogP contribution in [0.25, 0.3) is 0 Å². The van der Waals surface area contributed by atoms with Gasteiger partial charge in [-0.2, -0.15) is 0 Å². The van der Waals surface area contributed by atoms with Gasteiger partial charge < -0.3 is 25.8 Å². The molecule has 1 aromatic carbocycles. The molecule has 0 fully saturated rings. The summed E-state index contributed by atoms with van der Waals surface area (Å²) < 4.78 is 10.5. The van der Waals surface area contributed by atoms with Crippen LogP contribution in [0.2, 0.25) is 0 Å². The summed E-state index contributed by atoms with van der Waals surface area (Å²) in [4.78, 5) is 37.3. The van der Waals surface area contributed by atoms with Crippen LogP contribution in [0.1, 0.15) is 54.0 Å². The Balaban J connectivity index is 1.94. The van der Waals surface area contributed by atoms with Crippen LogP contribution in [0.15, 0.2) is 30.3 Å². The molecule has 4 N–H and O–H groups in total. The summed E-state index contributed by atoms with van der Waals surface area (Å²) in [6.07, 6.45) is 1.62. The maximum absolute atomic E-state index is 12.6. The molecule has 1 heterocycles. The van der Waals surface area contributed by atoms with Gasteiger partial charge in [0.25, 0.3) is 5.91 Å². The maximum atomic E-state index is 12.6. The van der Waals surface area contributed by atoms with Crippen molar-refractivity contribution in [1.82, 2.24) is 20.8 Å². The second kappa shape index (κ2) is 12.9. The summed E-state index contributed by atoms with van der Waals surface area (Å²) >= 11 is 1.18. The Hall–Kier alpha value is -3.05. The number of hydrogen-bond acceptors (Lipinski definition) is 9. The number of esters is 1. The molecule has 0 radical (unpaired) electrons. The van der Waals surface area contributed by atoms with Gasteiger partial charge in [0.2, 0.25) is 5.01 Å². The van der Waals surface area contributed by atoms with E-state index in [1.807, 2.05) is 30.3 Å². The number of nitrogens with two attached hydrogens (primary N) is 1. The fourth-order valence-corrected chi connectivity index (χ4v) is 3.41. The van der Waals surface area contributed by atoms with Crippen LogP contribution in [0.3, 0.4) is 0 Å². The normalized spacial score (nSPS) is 12.0. The molecule has 180 valence electrons. The molecule has 1 aromatic heterocycles. The van der Waals surface area contributed by atoms with Crippen molar-refractivity contribution in [2.24, 2.45) is 5.73 Å². The first-order valence-corrected chi connectivity index (χ1v) is 11.5. The first kappa shape index (κ1) is 26.2. The van der Waals surface area contributed by atoms with E-state index in [1.54, 1.807) is 20.8 Å². The number of carbonyl (C=O) groups excluding carboxylic acids is 3. The second-order valence-electron chi connectivity index (χ2n) is 8.25. The summed E-state index contributed by atoms with van der Waals surface area (Å²) in [5.74, 6) is -1.19. The molecule has 0 spiro atoms. The Bertz CT molecular complexity index is 913. The standard InChI is InChI=1S/C22H31N5O5S/c1-22(2,3)32-20(29)16(25-21(30)31-14-15-9-5-4-6-10-15)13-24-18(28)19-27-26-17(33-19)11-7-8-12-23/h4-6,9-10,16H,7-8,11-14,23H2,1-3H3,(H,24,28)(H,25,30). The summed E-state index contributed by atoms with van der Waals surface area (Å²) in [6.45, 7) is 5.57. The van der Waals surface area contributed by atoms with Crippen molar-refractivity contribution in [2.75, 3.05) is 13.1 Å². The van der Waals surface area contributed by atoms with E-state index in [2.05, 4.69) is 20.8 Å². The average molecular weight is 478 g/mol. The number of hydrogen-bond donors (Lipinski definition) is 3. The van der Waals surface area contributed by atoms with E-state index >= 15 is 0 Å². The maximum Gasteiger partial charge on any atom is 0.408 e. The van der Waals surface area contributed by atoms with Crippen molar-refractivity contribution in [3.05, 3.63) is 45.9 Å². The number of benzene rings is 1. The number of alkyl carbamates (subject to hydrolysis) is 1. The summed E-state index contributed by atoms with van der Waals surface area (Å²) in [6, 6.07) is 7.98. The van der Waals surface area contributed by atoms with Crippen molar-refractivity contribution in [3.63, 3.8) is 0 Å². The fraction of sp³-hybridized carbons (Fsp3) is 0.500. The number of aromatic nitrogens is 2. The molecule has 0 aliphatic rings. The molecule has 1 unspecified atom stereocenters. The second-order valence-corrected chi connectivity index (χ2v) is 9.31. The number of unbranched alkanes of at least 4 members (excludes halogenated alkanes) is 1. The Morgan fingerprint density at radius 2 is 1.85 bits per heavy atom. The van der Waals surface area contributed by atoms with E-state index in [1.165, 1.54) is 11.3 Å². The molecule has 33 heavy (non-hydrogen) atoms. The molecule has 1 atom stereocenters. The number of aryl methyl sites for hydroxylation is 1. The molecule has 0 bridgehead atoms. The highest BCUT2D eigenvalue weighted by Gasteiger charge is 2.28. The van der Waals surface area contributed by atoms with E-state index in [0.29, 0.717) is 13.0 Å². The van der Waals surface area contributed by atoms with Gasteiger partial charge in [0.1, 0.15) is 23.3 Å². The van der Waals surface area contributed by atoms with Gasteiger partial charge in [-0.25, -0.2) is 9.59 Å². The fourth-order valence-electron chi connectivity index (χ4n) is 2.61. The third-order valence-electron chi connectivity index (χ3n) is 4.17. The van der Waals surface area contributed by atoms with Crippen LogP contribution in [-0.2, 0) is 27.3 Å². The number of nitrogens with one attached hydrogen (secondary N) is 2. The van der Waals surface area contributed by atoms with Gasteiger partial charge in [0.15, 0.2) is 0 Å². The van der Waals surface area contributed by atoms with E-state index in [0.717, 1.165) is 23.4 Å². The van der Waals surface area contributed by atoms with E-state index in [-0.39, 0.29) is 18.2 Å². The molecule has 0 aliphatic heterocycles. The highest BCUT2D eigenvalue weighted by Crippen LogP contribution is 2.13. The molecule has 11 heteroatoms. The molecular weight excluding hydrogens is 446 g/mol. The van der Waals surface area contributed by atoms with Gasteiger partial charge >= 0.3 is 12.1 Å². The van der Waals surface area contributed by atoms with Crippen LogP contribution in [0, 0.1) is 0 Å². The predicted molar refractivity (Wildman–Crippen MR) is 124 cm³/mol. The van der Waals surface area contributed by atoms with Crippen molar-refractivity contribution < 1.29 is 23.9 Å². The lowest BCUT2D eigenvalue weighted by molar-refractivity contribution is -0.157. The first-order chi connectivity index (χ1) is 15.7. The van der Waals surface area contributed by atoms with Crippen LogP contribution in [0.4, 0.5) is 4.79 Å². The largest absolute Gasteiger partial charge is 0.458 e. The Labute approximate surface area is 197 Å². The van der Waals surface area contributed by atoms with Crippen LogP contribution in [-0.4, -0.2) is 52.9 Å². The lowest BCUT2D eigenvalue weighted by atomic mass is 10.2. The third kappa shape index (κ3) is 9.96. The molecule has 2 amide bonds. The summed E-state index contributed by atoms with van der Waals surface area (Å²) in [7, 11) is 0. The van der Waals surface area contributed by atoms with Gasteiger partial charge in [-0.1, -0.05) is 41.7 Å². The minimum atomic E-state index is -1.15. The zero-order valence-corrected chi connectivity index (χ0v) is 19.9. The van der Waals surface area contributed by atoms with Crippen LogP contribution >= 0.6 is 11.3 Å². The Morgan fingerprint density at radius 1 is 1.12 bits per heavy atom. The minimum absolute atomic E-state index is 0.0395. The smallest absolute Gasteiger partial charge is 0.408 e. The molecule has 0 saturated heterocycles. The average Bonchev–Trinajstić information content (AvgIpc) is 3.23. The SMILES string of the molecule is CC(C)(C)OC(=O)C(CNC(=O)c1nnc(CCCCN)s1)NC(=O)OCc1ccccc1. The highest BCUT2D eigenvalue weighted by atomic mass is 32.1. The molecule has 10 nitrogen and oxygen atoms in total. The molecule has 0 saturated carbocycles. The minimum Gasteiger partial charge on any atom is -0.458 e. The predicted octanol–water partition coefficient (Wildman–Crippen LogP) is 2.19. The number of ether oxygens (including phenoxy) is 2. The molecule has 2 rings (SSSR count). The molecular formula is C22H31N5O5S. The lowest BCUT2D eigenvalue weighted by Crippen LogP contribution is -2.50. The van der Waals surface area contributed by atoms with Gasteiger partial charge in [-0.15, -0.1) is 10.2 Å². The van der Waals surface area contributed by atoms with E-state index in [9.17, 15) is 14.4 Å². The lowest BCUT2D eigenvalue weighted by Gasteiger charge is -2.24. The van der Waals surface area contributed by atoms with Crippen molar-refractivity contribution in [1.29, 1.82) is 0 Å². The van der Waals surface area contributed by atoms with E-state index < -0.39 is 29.6 Å². The van der Waals surface area contributed by atoms with Gasteiger partial charge in [-0.3, -0.25) is 4.79 Å². The number of rotatable bonds is 11. The quantitative estimate of drug-likeness (QED) is 0.330. The van der Waals surface area contributed by atoms with Crippen LogP contribution < -0.4 is 16.4 Å². The molecule has 0 aliphatic carbocycles. The summed E-state index contributed by atoms with van der Waals surface area (Å²) in [5.41, 5.74) is 5.51. The number of nitrogens with zero attached hydrogens (tertiary/aromatic N) is 2.